The van der Waals surface area contributed by atoms with Gasteiger partial charge in [0.2, 0.25) is 0 Å². The van der Waals surface area contributed by atoms with Crippen LogP contribution in [-0.2, 0) is 0 Å². The van der Waals surface area contributed by atoms with Gasteiger partial charge in [-0.05, 0) is 43.9 Å². The molecule has 0 amide bonds. The summed E-state index contributed by atoms with van der Waals surface area (Å²) in [6.07, 6.45) is 3.36. The Kier molecular flexibility index (Phi) is 4.22. The molecule has 0 unspecified atom stereocenters. The largest absolute Gasteiger partial charge is 0.397 e. The minimum atomic E-state index is 0.184. The monoisotopic (exact) mass is 220 g/mol. The fourth-order valence-electron chi connectivity index (χ4n) is 2.10. The molecular weight excluding hydrogens is 196 g/mol. The Bertz CT molecular complexity index is 332. The number of nitrogen functional groups attached to an aromatic ring is 1. The number of nitrogens with one attached hydrogen (secondary N) is 1. The number of nitrogens with two attached hydrogens (primary N) is 1. The number of hydrogen-bond donors (Lipinski definition) is 2. The van der Waals surface area contributed by atoms with Gasteiger partial charge in [-0.2, -0.15) is 0 Å². The van der Waals surface area contributed by atoms with E-state index in [-0.39, 0.29) is 5.54 Å². The standard InChI is InChI=1S/C14H24N2/c1-5-14(6-2,7-3)16-13-9-8-11(4)10-12(13)15/h8-10,16H,5-7,15H2,1-4H3. The summed E-state index contributed by atoms with van der Waals surface area (Å²) < 4.78 is 0. The van der Waals surface area contributed by atoms with E-state index < -0.39 is 0 Å². The molecule has 0 saturated heterocycles. The second-order valence-electron chi connectivity index (χ2n) is 4.56. The average Bonchev–Trinajstić information content (AvgIpc) is 2.29. The lowest BCUT2D eigenvalue weighted by Crippen LogP contribution is -2.36. The SMILES string of the molecule is CCC(CC)(CC)Nc1ccc(C)cc1N. The Balaban J connectivity index is 2.93. The van der Waals surface area contributed by atoms with Gasteiger partial charge in [0, 0.05) is 5.54 Å². The first-order chi connectivity index (χ1) is 7.56. The van der Waals surface area contributed by atoms with E-state index in [1.807, 2.05) is 6.07 Å². The maximum atomic E-state index is 6.03. The topological polar surface area (TPSA) is 38.0 Å². The predicted molar refractivity (Wildman–Crippen MR) is 72.8 cm³/mol. The molecule has 0 aliphatic rings. The van der Waals surface area contributed by atoms with E-state index in [0.717, 1.165) is 30.6 Å². The molecule has 0 bridgehead atoms. The van der Waals surface area contributed by atoms with Crippen molar-refractivity contribution in [3.8, 4) is 0 Å². The molecule has 0 fully saturated rings. The molecule has 16 heavy (non-hydrogen) atoms. The van der Waals surface area contributed by atoms with Gasteiger partial charge in [0.1, 0.15) is 0 Å². The van der Waals surface area contributed by atoms with E-state index in [0.29, 0.717) is 0 Å². The number of anilines is 2. The molecule has 90 valence electrons. The lowest BCUT2D eigenvalue weighted by atomic mass is 9.89. The summed E-state index contributed by atoms with van der Waals surface area (Å²) >= 11 is 0. The highest BCUT2D eigenvalue weighted by molar-refractivity contribution is 5.67. The van der Waals surface area contributed by atoms with Crippen LogP contribution in [0.1, 0.15) is 45.6 Å². The van der Waals surface area contributed by atoms with Gasteiger partial charge in [-0.1, -0.05) is 26.8 Å². The molecule has 3 N–H and O–H groups in total. The molecule has 0 heterocycles. The third-order valence-corrected chi connectivity index (χ3v) is 3.64. The highest BCUT2D eigenvalue weighted by atomic mass is 15.0. The number of hydrogen-bond acceptors (Lipinski definition) is 2. The third kappa shape index (κ3) is 2.69. The van der Waals surface area contributed by atoms with E-state index >= 15 is 0 Å². The maximum absolute atomic E-state index is 6.03. The number of aryl methyl sites for hydroxylation is 1. The van der Waals surface area contributed by atoms with Crippen molar-refractivity contribution in [1.82, 2.24) is 0 Å². The van der Waals surface area contributed by atoms with Crippen LogP contribution in [0, 0.1) is 6.92 Å². The molecule has 0 atom stereocenters. The highest BCUT2D eigenvalue weighted by Gasteiger charge is 2.23. The first-order valence-electron chi connectivity index (χ1n) is 6.21. The summed E-state index contributed by atoms with van der Waals surface area (Å²) in [6, 6.07) is 6.21. The fourth-order valence-corrected chi connectivity index (χ4v) is 2.10. The van der Waals surface area contributed by atoms with E-state index in [1.54, 1.807) is 0 Å². The van der Waals surface area contributed by atoms with Crippen molar-refractivity contribution in [2.45, 2.75) is 52.5 Å². The first-order valence-corrected chi connectivity index (χ1v) is 6.21. The molecular formula is C14H24N2. The van der Waals surface area contributed by atoms with Gasteiger partial charge in [-0.3, -0.25) is 0 Å². The average molecular weight is 220 g/mol. The molecule has 0 saturated carbocycles. The van der Waals surface area contributed by atoms with Crippen LogP contribution >= 0.6 is 0 Å². The molecule has 1 aromatic carbocycles. The summed E-state index contributed by atoms with van der Waals surface area (Å²) in [5.41, 5.74) is 9.33. The highest BCUT2D eigenvalue weighted by Crippen LogP contribution is 2.29. The fraction of sp³-hybridized carbons (Fsp3) is 0.571. The van der Waals surface area contributed by atoms with Crippen molar-refractivity contribution in [3.63, 3.8) is 0 Å². The normalized spacial score (nSPS) is 11.5. The minimum Gasteiger partial charge on any atom is -0.397 e. The van der Waals surface area contributed by atoms with E-state index in [4.69, 9.17) is 5.73 Å². The molecule has 0 aliphatic carbocycles. The van der Waals surface area contributed by atoms with Crippen molar-refractivity contribution in [3.05, 3.63) is 23.8 Å². The van der Waals surface area contributed by atoms with Crippen LogP contribution in [0.15, 0.2) is 18.2 Å². The zero-order chi connectivity index (χ0) is 12.2. The van der Waals surface area contributed by atoms with Gasteiger partial charge >= 0.3 is 0 Å². The molecule has 1 aromatic rings. The molecule has 2 nitrogen and oxygen atoms in total. The first kappa shape index (κ1) is 12.9. The van der Waals surface area contributed by atoms with Gasteiger partial charge < -0.3 is 11.1 Å². The van der Waals surface area contributed by atoms with Crippen LogP contribution in [0.2, 0.25) is 0 Å². The molecule has 2 heteroatoms. The number of benzene rings is 1. The predicted octanol–water partition coefficient (Wildman–Crippen LogP) is 3.96. The van der Waals surface area contributed by atoms with Crippen LogP contribution in [-0.4, -0.2) is 5.54 Å². The van der Waals surface area contributed by atoms with Gasteiger partial charge in [-0.15, -0.1) is 0 Å². The van der Waals surface area contributed by atoms with E-state index in [2.05, 4.69) is 45.1 Å². The van der Waals surface area contributed by atoms with Gasteiger partial charge in [0.05, 0.1) is 11.4 Å². The van der Waals surface area contributed by atoms with Crippen LogP contribution in [0.5, 0.6) is 0 Å². The van der Waals surface area contributed by atoms with Gasteiger partial charge in [0.25, 0.3) is 0 Å². The Morgan fingerprint density at radius 3 is 2.12 bits per heavy atom. The van der Waals surface area contributed by atoms with Crippen LogP contribution in [0.3, 0.4) is 0 Å². The zero-order valence-electron chi connectivity index (χ0n) is 10.9. The quantitative estimate of drug-likeness (QED) is 0.737. The summed E-state index contributed by atoms with van der Waals surface area (Å²) in [5, 5.41) is 3.61. The van der Waals surface area contributed by atoms with E-state index in [1.165, 1.54) is 5.56 Å². The van der Waals surface area contributed by atoms with Gasteiger partial charge in [0.15, 0.2) is 0 Å². The van der Waals surface area contributed by atoms with Crippen molar-refractivity contribution in [1.29, 1.82) is 0 Å². The molecule has 0 aliphatic heterocycles. The van der Waals surface area contributed by atoms with Crippen LogP contribution < -0.4 is 11.1 Å². The van der Waals surface area contributed by atoms with Crippen molar-refractivity contribution in [2.75, 3.05) is 11.1 Å². The molecule has 1 rings (SSSR count). The Morgan fingerprint density at radius 1 is 1.12 bits per heavy atom. The summed E-state index contributed by atoms with van der Waals surface area (Å²) in [4.78, 5) is 0. The summed E-state index contributed by atoms with van der Waals surface area (Å²) in [6.45, 7) is 8.74. The molecule has 0 spiro atoms. The summed E-state index contributed by atoms with van der Waals surface area (Å²) in [7, 11) is 0. The zero-order valence-corrected chi connectivity index (χ0v) is 10.9. The minimum absolute atomic E-state index is 0.184. The van der Waals surface area contributed by atoms with E-state index in [9.17, 15) is 0 Å². The van der Waals surface area contributed by atoms with Crippen molar-refractivity contribution in [2.24, 2.45) is 0 Å². The Morgan fingerprint density at radius 2 is 1.69 bits per heavy atom. The molecule has 0 radical (unpaired) electrons. The van der Waals surface area contributed by atoms with Crippen LogP contribution in [0.25, 0.3) is 0 Å². The smallest absolute Gasteiger partial charge is 0.0578 e. The molecule has 0 aromatic heterocycles. The van der Waals surface area contributed by atoms with Crippen molar-refractivity contribution < 1.29 is 0 Å². The second-order valence-corrected chi connectivity index (χ2v) is 4.56. The summed E-state index contributed by atoms with van der Waals surface area (Å²) in [5.74, 6) is 0. The van der Waals surface area contributed by atoms with Crippen molar-refractivity contribution >= 4 is 11.4 Å². The van der Waals surface area contributed by atoms with Gasteiger partial charge in [-0.25, -0.2) is 0 Å². The lowest BCUT2D eigenvalue weighted by Gasteiger charge is -2.33. The Hall–Kier alpha value is -1.18. The number of rotatable bonds is 5. The van der Waals surface area contributed by atoms with Crippen LogP contribution in [0.4, 0.5) is 11.4 Å². The Labute approximate surface area is 99.2 Å². The lowest BCUT2D eigenvalue weighted by molar-refractivity contribution is 0.420. The third-order valence-electron chi connectivity index (χ3n) is 3.64. The maximum Gasteiger partial charge on any atom is 0.0578 e. The second kappa shape index (κ2) is 5.24.